The summed E-state index contributed by atoms with van der Waals surface area (Å²) in [5, 5.41) is 14.4. The van der Waals surface area contributed by atoms with Gasteiger partial charge in [0.25, 0.3) is 0 Å². The molecular weight excluding hydrogens is 344 g/mol. The Morgan fingerprint density at radius 3 is 2.11 bits per heavy atom. The maximum atomic E-state index is 12.2. The number of nitrogens with one attached hydrogen (secondary N) is 2. The first-order chi connectivity index (χ1) is 12.5. The summed E-state index contributed by atoms with van der Waals surface area (Å²) < 4.78 is 0. The summed E-state index contributed by atoms with van der Waals surface area (Å²) in [6, 6.07) is 6.94. The van der Waals surface area contributed by atoms with Crippen molar-refractivity contribution in [1.82, 2.24) is 10.6 Å². The van der Waals surface area contributed by atoms with Crippen molar-refractivity contribution in [1.29, 1.82) is 0 Å². The Kier molecular flexibility index (Phi) is 8.47. The van der Waals surface area contributed by atoms with Gasteiger partial charge < -0.3 is 15.7 Å². The number of rotatable bonds is 9. The van der Waals surface area contributed by atoms with Crippen LogP contribution in [0.5, 0.6) is 0 Å². The lowest BCUT2D eigenvalue weighted by atomic mass is 9.86. The molecule has 1 aromatic carbocycles. The molecule has 0 heterocycles. The van der Waals surface area contributed by atoms with Crippen LogP contribution in [0.2, 0.25) is 0 Å². The molecule has 150 valence electrons. The van der Waals surface area contributed by atoms with Gasteiger partial charge in [-0.15, -0.1) is 0 Å². The highest BCUT2D eigenvalue weighted by atomic mass is 16.4. The van der Waals surface area contributed by atoms with Crippen molar-refractivity contribution in [3.8, 4) is 0 Å². The SMILES string of the molecule is CC(C)CCC(=O)NCC(=O)NC(CC(=O)O)c1ccc(C(C)(C)C)cc1. The minimum Gasteiger partial charge on any atom is -0.481 e. The maximum absolute atomic E-state index is 12.2. The molecule has 6 nitrogen and oxygen atoms in total. The van der Waals surface area contributed by atoms with Gasteiger partial charge in [-0.05, 0) is 28.9 Å². The van der Waals surface area contributed by atoms with Crippen molar-refractivity contribution < 1.29 is 19.5 Å². The molecule has 1 atom stereocenters. The lowest BCUT2D eigenvalue weighted by Gasteiger charge is -2.22. The second kappa shape index (κ2) is 10.1. The number of hydrogen-bond acceptors (Lipinski definition) is 3. The molecule has 0 saturated heterocycles. The Morgan fingerprint density at radius 2 is 1.63 bits per heavy atom. The Balaban J connectivity index is 2.70. The van der Waals surface area contributed by atoms with Crippen LogP contribution in [0.4, 0.5) is 0 Å². The van der Waals surface area contributed by atoms with E-state index in [-0.39, 0.29) is 24.3 Å². The second-order valence-corrected chi connectivity index (χ2v) is 8.30. The molecule has 0 spiro atoms. The molecule has 0 saturated carbocycles. The normalized spacial score (nSPS) is 12.5. The summed E-state index contributed by atoms with van der Waals surface area (Å²) in [6.07, 6.45) is 0.912. The van der Waals surface area contributed by atoms with Crippen LogP contribution in [0.15, 0.2) is 24.3 Å². The van der Waals surface area contributed by atoms with Crippen LogP contribution in [0.3, 0.4) is 0 Å². The molecule has 1 rings (SSSR count). The van der Waals surface area contributed by atoms with Crippen molar-refractivity contribution in [2.24, 2.45) is 5.92 Å². The predicted molar refractivity (Wildman–Crippen MR) is 105 cm³/mol. The number of aliphatic carboxylic acids is 1. The zero-order valence-corrected chi connectivity index (χ0v) is 17.0. The molecule has 1 unspecified atom stereocenters. The molecule has 0 aliphatic heterocycles. The topological polar surface area (TPSA) is 95.5 Å². The van der Waals surface area contributed by atoms with E-state index in [0.717, 1.165) is 17.5 Å². The van der Waals surface area contributed by atoms with E-state index in [2.05, 4.69) is 31.4 Å². The first-order valence-corrected chi connectivity index (χ1v) is 9.37. The van der Waals surface area contributed by atoms with E-state index in [4.69, 9.17) is 5.11 Å². The Hall–Kier alpha value is -2.37. The fourth-order valence-corrected chi connectivity index (χ4v) is 2.57. The van der Waals surface area contributed by atoms with Crippen LogP contribution in [0, 0.1) is 5.92 Å². The smallest absolute Gasteiger partial charge is 0.305 e. The maximum Gasteiger partial charge on any atom is 0.305 e. The second-order valence-electron chi connectivity index (χ2n) is 8.30. The monoisotopic (exact) mass is 376 g/mol. The van der Waals surface area contributed by atoms with E-state index in [1.165, 1.54) is 0 Å². The molecule has 6 heteroatoms. The molecule has 0 aliphatic carbocycles. The number of carboxylic acid groups (broad SMARTS) is 1. The molecule has 0 aliphatic rings. The average Bonchev–Trinajstić information content (AvgIpc) is 2.56. The molecular formula is C21H32N2O4. The molecule has 2 amide bonds. The lowest BCUT2D eigenvalue weighted by Crippen LogP contribution is -2.39. The molecule has 27 heavy (non-hydrogen) atoms. The van der Waals surface area contributed by atoms with Crippen molar-refractivity contribution in [3.63, 3.8) is 0 Å². The number of amides is 2. The minimum absolute atomic E-state index is 0.00958. The third kappa shape index (κ3) is 8.71. The first kappa shape index (κ1) is 22.7. The van der Waals surface area contributed by atoms with Gasteiger partial charge in [0.1, 0.15) is 0 Å². The van der Waals surface area contributed by atoms with Gasteiger partial charge in [-0.3, -0.25) is 14.4 Å². The number of benzene rings is 1. The number of hydrogen-bond donors (Lipinski definition) is 3. The number of carbonyl (C=O) groups excluding carboxylic acids is 2. The van der Waals surface area contributed by atoms with Gasteiger partial charge in [-0.25, -0.2) is 0 Å². The van der Waals surface area contributed by atoms with E-state index < -0.39 is 17.9 Å². The third-order valence-electron chi connectivity index (χ3n) is 4.29. The molecule has 0 fully saturated rings. The van der Waals surface area contributed by atoms with Gasteiger partial charge in [-0.2, -0.15) is 0 Å². The predicted octanol–water partition coefficient (Wildman–Crippen LogP) is 3.17. The van der Waals surface area contributed by atoms with Crippen LogP contribution < -0.4 is 10.6 Å². The van der Waals surface area contributed by atoms with Gasteiger partial charge >= 0.3 is 5.97 Å². The highest BCUT2D eigenvalue weighted by molar-refractivity contribution is 5.85. The molecule has 0 bridgehead atoms. The van der Waals surface area contributed by atoms with Crippen LogP contribution in [0.1, 0.15) is 71.0 Å². The highest BCUT2D eigenvalue weighted by Crippen LogP contribution is 2.25. The molecule has 0 radical (unpaired) electrons. The fourth-order valence-electron chi connectivity index (χ4n) is 2.57. The molecule has 3 N–H and O–H groups in total. The van der Waals surface area contributed by atoms with Crippen molar-refractivity contribution in [3.05, 3.63) is 35.4 Å². The van der Waals surface area contributed by atoms with E-state index in [1.807, 2.05) is 38.1 Å². The van der Waals surface area contributed by atoms with Gasteiger partial charge in [0.05, 0.1) is 19.0 Å². The summed E-state index contributed by atoms with van der Waals surface area (Å²) in [5.41, 5.74) is 1.85. The minimum atomic E-state index is -0.999. The van der Waals surface area contributed by atoms with E-state index >= 15 is 0 Å². The van der Waals surface area contributed by atoms with Crippen molar-refractivity contribution in [2.75, 3.05) is 6.54 Å². The van der Waals surface area contributed by atoms with Crippen molar-refractivity contribution >= 4 is 17.8 Å². The number of carbonyl (C=O) groups is 3. The van der Waals surface area contributed by atoms with E-state index in [9.17, 15) is 14.4 Å². The van der Waals surface area contributed by atoms with Crippen LogP contribution in [-0.2, 0) is 19.8 Å². The van der Waals surface area contributed by atoms with Crippen molar-refractivity contribution in [2.45, 2.75) is 65.3 Å². The van der Waals surface area contributed by atoms with Gasteiger partial charge in [0.2, 0.25) is 11.8 Å². The lowest BCUT2D eigenvalue weighted by molar-refractivity contribution is -0.138. The zero-order chi connectivity index (χ0) is 20.6. The van der Waals surface area contributed by atoms with E-state index in [0.29, 0.717) is 12.3 Å². The van der Waals surface area contributed by atoms with Gasteiger partial charge in [-0.1, -0.05) is 58.9 Å². The Morgan fingerprint density at radius 1 is 1.04 bits per heavy atom. The van der Waals surface area contributed by atoms with Crippen LogP contribution >= 0.6 is 0 Å². The first-order valence-electron chi connectivity index (χ1n) is 9.37. The number of carboxylic acids is 1. The van der Waals surface area contributed by atoms with Crippen LogP contribution in [0.25, 0.3) is 0 Å². The highest BCUT2D eigenvalue weighted by Gasteiger charge is 2.20. The quantitative estimate of drug-likeness (QED) is 0.617. The standard InChI is InChI=1S/C21H32N2O4/c1-14(2)6-11-18(24)22-13-19(25)23-17(12-20(26)27)15-7-9-16(10-8-15)21(3,4)5/h7-10,14,17H,6,11-13H2,1-5H3,(H,22,24)(H,23,25)(H,26,27). The van der Waals surface area contributed by atoms with Gasteiger partial charge in [0.15, 0.2) is 0 Å². The molecule has 0 aromatic heterocycles. The summed E-state index contributed by atoms with van der Waals surface area (Å²) in [4.78, 5) is 35.1. The summed E-state index contributed by atoms with van der Waals surface area (Å²) in [6.45, 7) is 10.2. The summed E-state index contributed by atoms with van der Waals surface area (Å²) in [7, 11) is 0. The Bertz CT molecular complexity index is 645. The van der Waals surface area contributed by atoms with Crippen LogP contribution in [-0.4, -0.2) is 29.4 Å². The summed E-state index contributed by atoms with van der Waals surface area (Å²) >= 11 is 0. The third-order valence-corrected chi connectivity index (χ3v) is 4.29. The summed E-state index contributed by atoms with van der Waals surface area (Å²) in [5.74, 6) is -1.16. The zero-order valence-electron chi connectivity index (χ0n) is 17.0. The fraction of sp³-hybridized carbons (Fsp3) is 0.571. The molecule has 1 aromatic rings. The van der Waals surface area contributed by atoms with E-state index in [1.54, 1.807) is 0 Å². The average molecular weight is 376 g/mol. The van der Waals surface area contributed by atoms with Gasteiger partial charge in [0, 0.05) is 6.42 Å². The Labute approximate surface area is 161 Å². The largest absolute Gasteiger partial charge is 0.481 e.